The van der Waals surface area contributed by atoms with Crippen molar-refractivity contribution in [3.63, 3.8) is 0 Å². The molecule has 134 valence electrons. The summed E-state index contributed by atoms with van der Waals surface area (Å²) in [4.78, 5) is 11.9. The first-order chi connectivity index (χ1) is 11.5. The maximum absolute atomic E-state index is 11.9. The molecule has 0 aliphatic heterocycles. The van der Waals surface area contributed by atoms with Gasteiger partial charge in [-0.2, -0.15) is 0 Å². The second-order valence-electron chi connectivity index (χ2n) is 6.41. The maximum Gasteiger partial charge on any atom is 0.331 e. The number of allylic oxidation sites excluding steroid dienone is 1. The third kappa shape index (κ3) is 6.03. The van der Waals surface area contributed by atoms with Gasteiger partial charge in [-0.15, -0.1) is 0 Å². The van der Waals surface area contributed by atoms with Crippen LogP contribution < -0.4 is 0 Å². The molecule has 0 saturated carbocycles. The lowest BCUT2D eigenvalue weighted by molar-refractivity contribution is -0.132. The summed E-state index contributed by atoms with van der Waals surface area (Å²) < 4.78 is 0. The van der Waals surface area contributed by atoms with Gasteiger partial charge < -0.3 is 10.2 Å². The number of hydrogen-bond acceptors (Lipinski definition) is 2. The van der Waals surface area contributed by atoms with Crippen molar-refractivity contribution in [2.75, 3.05) is 0 Å². The molecule has 0 aromatic heterocycles. The summed E-state index contributed by atoms with van der Waals surface area (Å²) >= 11 is 0. The van der Waals surface area contributed by atoms with E-state index in [1.54, 1.807) is 12.1 Å². The van der Waals surface area contributed by atoms with Crippen LogP contribution in [0.15, 0.2) is 23.8 Å². The van der Waals surface area contributed by atoms with Gasteiger partial charge in [0.15, 0.2) is 0 Å². The van der Waals surface area contributed by atoms with Crippen molar-refractivity contribution in [3.05, 3.63) is 34.9 Å². The van der Waals surface area contributed by atoms with Crippen LogP contribution in [-0.4, -0.2) is 16.2 Å². The van der Waals surface area contributed by atoms with Gasteiger partial charge in [0.2, 0.25) is 0 Å². The van der Waals surface area contributed by atoms with Crippen LogP contribution in [0.3, 0.4) is 0 Å². The number of aryl methyl sites for hydroxylation is 1. The molecule has 0 heterocycles. The molecule has 0 aliphatic carbocycles. The lowest BCUT2D eigenvalue weighted by Crippen LogP contribution is -2.07. The minimum atomic E-state index is -0.802. The van der Waals surface area contributed by atoms with Crippen LogP contribution >= 0.6 is 0 Å². The highest BCUT2D eigenvalue weighted by atomic mass is 16.4. The second kappa shape index (κ2) is 10.9. The first kappa shape index (κ1) is 20.3. The number of carboxylic acid groups (broad SMARTS) is 1. The molecule has 0 amide bonds. The number of aromatic hydroxyl groups is 1. The molecular weight excluding hydrogens is 300 g/mol. The molecule has 0 saturated heterocycles. The first-order valence-electron chi connectivity index (χ1n) is 9.32. The third-order valence-electron chi connectivity index (χ3n) is 4.40. The topological polar surface area (TPSA) is 57.5 Å². The largest absolute Gasteiger partial charge is 0.508 e. The number of unbranched alkanes of at least 4 members (excludes halogenated alkanes) is 3. The molecule has 0 unspecified atom stereocenters. The van der Waals surface area contributed by atoms with E-state index in [-0.39, 0.29) is 5.75 Å². The van der Waals surface area contributed by atoms with E-state index in [0.29, 0.717) is 12.0 Å². The van der Waals surface area contributed by atoms with Crippen LogP contribution in [0.4, 0.5) is 0 Å². The normalized spacial score (nSPS) is 12.1. The quantitative estimate of drug-likeness (QED) is 0.492. The Hall–Kier alpha value is -1.77. The van der Waals surface area contributed by atoms with E-state index in [4.69, 9.17) is 0 Å². The molecule has 0 radical (unpaired) electrons. The molecule has 0 atom stereocenters. The van der Waals surface area contributed by atoms with Gasteiger partial charge in [-0.3, -0.25) is 0 Å². The van der Waals surface area contributed by atoms with Crippen molar-refractivity contribution in [1.82, 2.24) is 0 Å². The third-order valence-corrected chi connectivity index (χ3v) is 4.40. The van der Waals surface area contributed by atoms with Gasteiger partial charge in [-0.25, -0.2) is 4.79 Å². The summed E-state index contributed by atoms with van der Waals surface area (Å²) in [6.07, 6.45) is 8.26. The van der Waals surface area contributed by atoms with E-state index in [2.05, 4.69) is 20.8 Å². The number of rotatable bonds is 11. The van der Waals surface area contributed by atoms with Crippen molar-refractivity contribution in [2.24, 2.45) is 0 Å². The van der Waals surface area contributed by atoms with Crippen LogP contribution in [0.1, 0.15) is 83.3 Å². The Balaban J connectivity index is 3.39. The zero-order valence-electron chi connectivity index (χ0n) is 15.4. The van der Waals surface area contributed by atoms with Gasteiger partial charge in [-0.1, -0.05) is 46.1 Å². The standard InChI is InChI=1S/C21H32O3/c1-4-7-10-16-15-17(22)13-14-18(16)19(11-8-5-2)20(21(23)24)12-9-6-3/h13-15,22H,4-12H2,1-3H3,(H,23,24). The molecule has 1 aromatic rings. The summed E-state index contributed by atoms with van der Waals surface area (Å²) in [5, 5.41) is 19.6. The summed E-state index contributed by atoms with van der Waals surface area (Å²) in [7, 11) is 0. The molecule has 0 bridgehead atoms. The highest BCUT2D eigenvalue weighted by Crippen LogP contribution is 2.32. The van der Waals surface area contributed by atoms with Crippen molar-refractivity contribution in [3.8, 4) is 5.75 Å². The molecule has 0 fully saturated rings. The summed E-state index contributed by atoms with van der Waals surface area (Å²) in [5.41, 5.74) is 3.60. The second-order valence-corrected chi connectivity index (χ2v) is 6.41. The van der Waals surface area contributed by atoms with Crippen molar-refractivity contribution < 1.29 is 15.0 Å². The van der Waals surface area contributed by atoms with Gasteiger partial charge in [0.25, 0.3) is 0 Å². The van der Waals surface area contributed by atoms with Crippen molar-refractivity contribution >= 4 is 11.5 Å². The van der Waals surface area contributed by atoms with E-state index >= 15 is 0 Å². The number of aliphatic carboxylic acids is 1. The fourth-order valence-corrected chi connectivity index (χ4v) is 2.99. The van der Waals surface area contributed by atoms with Crippen LogP contribution in [-0.2, 0) is 11.2 Å². The number of hydrogen-bond donors (Lipinski definition) is 2. The van der Waals surface area contributed by atoms with Crippen LogP contribution in [0.2, 0.25) is 0 Å². The lowest BCUT2D eigenvalue weighted by Gasteiger charge is -2.17. The maximum atomic E-state index is 11.9. The zero-order chi connectivity index (χ0) is 17.9. The Morgan fingerprint density at radius 2 is 1.58 bits per heavy atom. The summed E-state index contributed by atoms with van der Waals surface area (Å²) in [6, 6.07) is 5.38. The minimum absolute atomic E-state index is 0.255. The average Bonchev–Trinajstić information content (AvgIpc) is 2.56. The smallest absolute Gasteiger partial charge is 0.331 e. The first-order valence-corrected chi connectivity index (χ1v) is 9.32. The SMILES string of the molecule is CCCCC(C(=O)O)=C(CCCC)c1ccc(O)cc1CCCC. The molecule has 3 heteroatoms. The van der Waals surface area contributed by atoms with E-state index in [1.165, 1.54) is 0 Å². The molecule has 0 aliphatic rings. The number of carbonyl (C=O) groups is 1. The van der Waals surface area contributed by atoms with Gasteiger partial charge in [-0.05, 0) is 67.4 Å². The van der Waals surface area contributed by atoms with Gasteiger partial charge in [0.05, 0.1) is 0 Å². The number of phenolic OH excluding ortho intramolecular Hbond substituents is 1. The Bertz CT molecular complexity index is 558. The van der Waals surface area contributed by atoms with Gasteiger partial charge in [0.1, 0.15) is 5.75 Å². The lowest BCUT2D eigenvalue weighted by atomic mass is 9.88. The molecule has 24 heavy (non-hydrogen) atoms. The molecule has 0 spiro atoms. The molecule has 3 nitrogen and oxygen atoms in total. The Kier molecular flexibility index (Phi) is 9.21. The van der Waals surface area contributed by atoms with Crippen LogP contribution in [0.25, 0.3) is 5.57 Å². The van der Waals surface area contributed by atoms with Gasteiger partial charge >= 0.3 is 5.97 Å². The molecule has 2 N–H and O–H groups in total. The monoisotopic (exact) mass is 332 g/mol. The Morgan fingerprint density at radius 3 is 2.17 bits per heavy atom. The fourth-order valence-electron chi connectivity index (χ4n) is 2.99. The molecule has 1 rings (SSSR count). The zero-order valence-corrected chi connectivity index (χ0v) is 15.4. The number of carboxylic acids is 1. The molecular formula is C21H32O3. The predicted octanol–water partition coefficient (Wildman–Crippen LogP) is 5.95. The molecule has 1 aromatic carbocycles. The Morgan fingerprint density at radius 1 is 0.958 bits per heavy atom. The van der Waals surface area contributed by atoms with E-state index in [1.807, 2.05) is 6.07 Å². The summed E-state index contributed by atoms with van der Waals surface area (Å²) in [5.74, 6) is -0.547. The number of phenols is 1. The van der Waals surface area contributed by atoms with Crippen LogP contribution in [0, 0.1) is 0 Å². The average molecular weight is 332 g/mol. The van der Waals surface area contributed by atoms with Crippen molar-refractivity contribution in [1.29, 1.82) is 0 Å². The van der Waals surface area contributed by atoms with Gasteiger partial charge in [0, 0.05) is 5.57 Å². The van der Waals surface area contributed by atoms with E-state index in [9.17, 15) is 15.0 Å². The van der Waals surface area contributed by atoms with Crippen molar-refractivity contribution in [2.45, 2.75) is 78.6 Å². The van der Waals surface area contributed by atoms with E-state index in [0.717, 1.165) is 68.1 Å². The fraction of sp³-hybridized carbons (Fsp3) is 0.571. The highest BCUT2D eigenvalue weighted by Gasteiger charge is 2.18. The van der Waals surface area contributed by atoms with E-state index < -0.39 is 5.97 Å². The number of benzene rings is 1. The van der Waals surface area contributed by atoms with Crippen LogP contribution in [0.5, 0.6) is 5.75 Å². The summed E-state index contributed by atoms with van der Waals surface area (Å²) in [6.45, 7) is 6.34. The predicted molar refractivity (Wildman–Crippen MR) is 100 cm³/mol. The highest BCUT2D eigenvalue weighted by molar-refractivity contribution is 5.96. The Labute approximate surface area is 146 Å². The minimum Gasteiger partial charge on any atom is -0.508 e.